The van der Waals surface area contributed by atoms with Crippen LogP contribution in [0.15, 0.2) is 18.3 Å². The molecular formula is C20H29N5O4. The summed E-state index contributed by atoms with van der Waals surface area (Å²) in [5.74, 6) is 0.218. The molecule has 158 valence electrons. The van der Waals surface area contributed by atoms with Crippen molar-refractivity contribution in [2.45, 2.75) is 32.2 Å². The number of aromatic nitrogens is 1. The Morgan fingerprint density at radius 3 is 2.62 bits per heavy atom. The molecule has 3 heterocycles. The van der Waals surface area contributed by atoms with E-state index >= 15 is 0 Å². The molecule has 1 aromatic heterocycles. The zero-order valence-electron chi connectivity index (χ0n) is 17.3. The molecule has 2 aliphatic rings. The van der Waals surface area contributed by atoms with E-state index in [0.29, 0.717) is 51.4 Å². The summed E-state index contributed by atoms with van der Waals surface area (Å²) in [6.07, 6.45) is 2.37. The van der Waals surface area contributed by atoms with E-state index in [1.165, 1.54) is 11.9 Å². The summed E-state index contributed by atoms with van der Waals surface area (Å²) in [7, 11) is 1.53. The third-order valence-corrected chi connectivity index (χ3v) is 5.51. The van der Waals surface area contributed by atoms with Gasteiger partial charge in [-0.2, -0.15) is 0 Å². The zero-order chi connectivity index (χ0) is 21.2. The van der Waals surface area contributed by atoms with Gasteiger partial charge in [-0.1, -0.05) is 13.8 Å². The van der Waals surface area contributed by atoms with Crippen molar-refractivity contribution in [2.75, 3.05) is 39.8 Å². The normalized spacial score (nSPS) is 18.9. The standard InChI is InChI=1S/C20H29N5O4/c1-14(2)13-25-19(28)23(3)18(27)20(25)6-10-24(11-7-20)17(26)16-15(29-12-8-21)5-4-9-22-16/h4-5,9,14H,6-8,10-13,21H2,1-3H3. The molecule has 0 radical (unpaired) electrons. The Morgan fingerprint density at radius 2 is 2.00 bits per heavy atom. The molecule has 29 heavy (non-hydrogen) atoms. The maximum atomic E-state index is 13.0. The summed E-state index contributed by atoms with van der Waals surface area (Å²) in [5.41, 5.74) is 4.86. The number of carbonyl (C=O) groups excluding carboxylic acids is 3. The van der Waals surface area contributed by atoms with Gasteiger partial charge in [0, 0.05) is 39.4 Å². The minimum Gasteiger partial charge on any atom is -0.490 e. The smallest absolute Gasteiger partial charge is 0.327 e. The number of nitrogens with two attached hydrogens (primary N) is 1. The van der Waals surface area contributed by atoms with Crippen molar-refractivity contribution in [3.63, 3.8) is 0 Å². The highest BCUT2D eigenvalue weighted by molar-refractivity contribution is 6.07. The van der Waals surface area contributed by atoms with Crippen LogP contribution < -0.4 is 10.5 Å². The van der Waals surface area contributed by atoms with Gasteiger partial charge in [-0.3, -0.25) is 14.5 Å². The fourth-order valence-corrected chi connectivity index (χ4v) is 4.05. The molecule has 2 N–H and O–H groups in total. The number of amides is 4. The lowest BCUT2D eigenvalue weighted by Crippen LogP contribution is -2.58. The number of hydrogen-bond acceptors (Lipinski definition) is 6. The molecular weight excluding hydrogens is 374 g/mol. The van der Waals surface area contributed by atoms with Crippen molar-refractivity contribution in [1.29, 1.82) is 0 Å². The van der Waals surface area contributed by atoms with E-state index in [1.807, 2.05) is 13.8 Å². The van der Waals surface area contributed by atoms with E-state index in [0.717, 1.165) is 0 Å². The summed E-state index contributed by atoms with van der Waals surface area (Å²) in [5, 5.41) is 0. The van der Waals surface area contributed by atoms with Gasteiger partial charge < -0.3 is 20.3 Å². The first-order valence-electron chi connectivity index (χ1n) is 9.98. The van der Waals surface area contributed by atoms with E-state index in [1.54, 1.807) is 28.1 Å². The van der Waals surface area contributed by atoms with E-state index in [2.05, 4.69) is 4.98 Å². The van der Waals surface area contributed by atoms with E-state index in [-0.39, 0.29) is 29.5 Å². The van der Waals surface area contributed by atoms with Crippen molar-refractivity contribution in [3.8, 4) is 5.75 Å². The van der Waals surface area contributed by atoms with Crippen LogP contribution >= 0.6 is 0 Å². The van der Waals surface area contributed by atoms with Gasteiger partial charge in [-0.25, -0.2) is 9.78 Å². The average Bonchev–Trinajstić information content (AvgIpc) is 2.88. The minimum absolute atomic E-state index is 0.181. The molecule has 2 aliphatic heterocycles. The third kappa shape index (κ3) is 3.78. The van der Waals surface area contributed by atoms with Gasteiger partial charge in [-0.05, 0) is 30.9 Å². The minimum atomic E-state index is -0.865. The summed E-state index contributed by atoms with van der Waals surface area (Å²) in [4.78, 5) is 47.3. The average molecular weight is 403 g/mol. The Morgan fingerprint density at radius 1 is 1.31 bits per heavy atom. The highest BCUT2D eigenvalue weighted by Gasteiger charge is 2.57. The van der Waals surface area contributed by atoms with Crippen LogP contribution in [0.1, 0.15) is 37.2 Å². The molecule has 1 spiro atoms. The SMILES string of the molecule is CC(C)CN1C(=O)N(C)C(=O)C12CCN(C(=O)c1ncccc1OCCN)CC2. The van der Waals surface area contributed by atoms with Crippen LogP contribution in [0.25, 0.3) is 0 Å². The molecule has 0 aliphatic carbocycles. The molecule has 0 saturated carbocycles. The van der Waals surface area contributed by atoms with E-state index in [4.69, 9.17) is 10.5 Å². The van der Waals surface area contributed by atoms with Crippen molar-refractivity contribution < 1.29 is 19.1 Å². The first kappa shape index (κ1) is 21.0. The molecule has 4 amide bonds. The molecule has 0 aromatic carbocycles. The zero-order valence-corrected chi connectivity index (χ0v) is 17.3. The quantitative estimate of drug-likeness (QED) is 0.708. The van der Waals surface area contributed by atoms with Crippen molar-refractivity contribution in [1.82, 2.24) is 19.7 Å². The number of ether oxygens (including phenoxy) is 1. The first-order chi connectivity index (χ1) is 13.8. The number of likely N-dealkylation sites (N-methyl/N-ethyl adjacent to an activating group) is 1. The molecule has 1 aromatic rings. The second-order valence-electron chi connectivity index (χ2n) is 7.96. The lowest BCUT2D eigenvalue weighted by atomic mass is 9.85. The van der Waals surface area contributed by atoms with Crippen LogP contribution in [0.4, 0.5) is 4.79 Å². The van der Waals surface area contributed by atoms with Crippen molar-refractivity contribution >= 4 is 17.8 Å². The molecule has 0 bridgehead atoms. The maximum absolute atomic E-state index is 13.0. The Labute approximate surface area is 170 Å². The van der Waals surface area contributed by atoms with Crippen molar-refractivity contribution in [3.05, 3.63) is 24.0 Å². The number of carbonyl (C=O) groups is 3. The third-order valence-electron chi connectivity index (χ3n) is 5.51. The van der Waals surface area contributed by atoms with Gasteiger partial charge in [0.15, 0.2) is 11.4 Å². The Hall–Kier alpha value is -2.68. The second-order valence-corrected chi connectivity index (χ2v) is 7.96. The number of hydrogen-bond donors (Lipinski definition) is 1. The van der Waals surface area contributed by atoms with Gasteiger partial charge in [0.2, 0.25) is 0 Å². The van der Waals surface area contributed by atoms with Crippen LogP contribution in [0.2, 0.25) is 0 Å². The predicted molar refractivity (Wildman–Crippen MR) is 106 cm³/mol. The fourth-order valence-electron chi connectivity index (χ4n) is 4.05. The molecule has 0 atom stereocenters. The number of piperidine rings is 1. The summed E-state index contributed by atoms with van der Waals surface area (Å²) >= 11 is 0. The maximum Gasteiger partial charge on any atom is 0.327 e. The second kappa shape index (κ2) is 8.36. The molecule has 9 nitrogen and oxygen atoms in total. The monoisotopic (exact) mass is 403 g/mol. The number of imide groups is 1. The summed E-state index contributed by atoms with van der Waals surface area (Å²) < 4.78 is 5.55. The van der Waals surface area contributed by atoms with Crippen LogP contribution in [0.3, 0.4) is 0 Å². The van der Waals surface area contributed by atoms with Gasteiger partial charge in [0.05, 0.1) is 0 Å². The van der Waals surface area contributed by atoms with Gasteiger partial charge in [0.25, 0.3) is 11.8 Å². The molecule has 0 unspecified atom stereocenters. The van der Waals surface area contributed by atoms with Gasteiger partial charge in [-0.15, -0.1) is 0 Å². The van der Waals surface area contributed by atoms with Crippen LogP contribution in [0, 0.1) is 5.92 Å². The highest BCUT2D eigenvalue weighted by atomic mass is 16.5. The predicted octanol–water partition coefficient (Wildman–Crippen LogP) is 0.944. The summed E-state index contributed by atoms with van der Waals surface area (Å²) in [6.45, 7) is 5.92. The van der Waals surface area contributed by atoms with E-state index in [9.17, 15) is 14.4 Å². The number of pyridine rings is 1. The molecule has 2 fully saturated rings. The van der Waals surface area contributed by atoms with Crippen LogP contribution in [-0.4, -0.2) is 82.9 Å². The number of nitrogens with zero attached hydrogens (tertiary/aromatic N) is 4. The van der Waals surface area contributed by atoms with Crippen molar-refractivity contribution in [2.24, 2.45) is 11.7 Å². The molecule has 9 heteroatoms. The first-order valence-corrected chi connectivity index (χ1v) is 9.98. The summed E-state index contributed by atoms with van der Waals surface area (Å²) in [6, 6.07) is 3.14. The van der Waals surface area contributed by atoms with Crippen LogP contribution in [0.5, 0.6) is 5.75 Å². The molecule has 3 rings (SSSR count). The van der Waals surface area contributed by atoms with Gasteiger partial charge in [0.1, 0.15) is 12.1 Å². The highest BCUT2D eigenvalue weighted by Crippen LogP contribution is 2.37. The van der Waals surface area contributed by atoms with Crippen LogP contribution in [-0.2, 0) is 4.79 Å². The lowest BCUT2D eigenvalue weighted by Gasteiger charge is -2.42. The largest absolute Gasteiger partial charge is 0.490 e. The van der Waals surface area contributed by atoms with E-state index < -0.39 is 5.54 Å². The number of urea groups is 1. The number of rotatable bonds is 6. The number of likely N-dealkylation sites (tertiary alicyclic amines) is 1. The Bertz CT molecular complexity index is 789. The molecule has 2 saturated heterocycles. The Kier molecular flexibility index (Phi) is 6.07. The lowest BCUT2D eigenvalue weighted by molar-refractivity contribution is -0.134. The Balaban J connectivity index is 1.77. The van der Waals surface area contributed by atoms with Gasteiger partial charge >= 0.3 is 6.03 Å². The topological polar surface area (TPSA) is 109 Å². The fraction of sp³-hybridized carbons (Fsp3) is 0.600.